The van der Waals surface area contributed by atoms with Gasteiger partial charge in [-0.05, 0) is 55.2 Å². The molecule has 1 fully saturated rings. The molecule has 3 aromatic rings. The van der Waals surface area contributed by atoms with Crippen LogP contribution >= 0.6 is 11.3 Å². The van der Waals surface area contributed by atoms with E-state index < -0.39 is 5.97 Å². The van der Waals surface area contributed by atoms with Crippen molar-refractivity contribution in [3.63, 3.8) is 0 Å². The van der Waals surface area contributed by atoms with Crippen LogP contribution in [0, 0.1) is 5.92 Å². The lowest BCUT2D eigenvalue weighted by Gasteiger charge is -2.28. The highest BCUT2D eigenvalue weighted by Crippen LogP contribution is 2.37. The Bertz CT molecular complexity index is 1140. The molecule has 0 atom stereocenters. The van der Waals surface area contributed by atoms with E-state index in [4.69, 9.17) is 5.11 Å². The van der Waals surface area contributed by atoms with Gasteiger partial charge in [-0.3, -0.25) is 19.7 Å². The summed E-state index contributed by atoms with van der Waals surface area (Å²) in [4.78, 5) is 35.8. The zero-order valence-electron chi connectivity index (χ0n) is 18.8. The largest absolute Gasteiger partial charge is 0.481 e. The first-order valence-corrected chi connectivity index (χ1v) is 12.3. The quantitative estimate of drug-likeness (QED) is 0.402. The van der Waals surface area contributed by atoms with Gasteiger partial charge in [0.2, 0.25) is 5.13 Å². The summed E-state index contributed by atoms with van der Waals surface area (Å²) in [7, 11) is 0. The fourth-order valence-electron chi connectivity index (χ4n) is 4.42. The number of rotatable bonds is 9. The van der Waals surface area contributed by atoms with Crippen molar-refractivity contribution < 1.29 is 19.5 Å². The lowest BCUT2D eigenvalue weighted by atomic mass is 9.77. The molecule has 1 aromatic heterocycles. The SMILES string of the molecule is O=C(O)C[C@H]1CC[C@H](c2ccc(C(=O)Nc3nnc(CCC(=O)c4ccccc4)s3)cc2)CC1. The van der Waals surface area contributed by atoms with Crippen LogP contribution in [0.3, 0.4) is 0 Å². The molecule has 0 unspecified atom stereocenters. The standard InChI is InChI=1S/C26H27N3O4S/c30-22(20-4-2-1-3-5-20)14-15-23-28-29-26(34-23)27-25(33)21-12-10-19(11-13-21)18-8-6-17(7-9-18)16-24(31)32/h1-5,10-13,17-18H,6-9,14-16H2,(H,31,32)(H,27,29,33)/t17-,18-. The molecule has 1 aliphatic carbocycles. The molecule has 0 spiro atoms. The van der Waals surface area contributed by atoms with Crippen LogP contribution in [0.25, 0.3) is 0 Å². The Kier molecular flexibility index (Phi) is 7.80. The number of carboxylic acid groups (broad SMARTS) is 1. The molecule has 2 N–H and O–H groups in total. The molecule has 4 rings (SSSR count). The van der Waals surface area contributed by atoms with Crippen LogP contribution in [-0.2, 0) is 11.2 Å². The number of anilines is 1. The number of benzene rings is 2. The average Bonchev–Trinajstić information content (AvgIpc) is 3.30. The highest BCUT2D eigenvalue weighted by molar-refractivity contribution is 7.15. The number of ketones is 1. The number of carbonyl (C=O) groups excluding carboxylic acids is 2. The Morgan fingerprint density at radius 3 is 2.29 bits per heavy atom. The van der Waals surface area contributed by atoms with Crippen LogP contribution < -0.4 is 5.32 Å². The fourth-order valence-corrected chi connectivity index (χ4v) is 5.15. The molecule has 34 heavy (non-hydrogen) atoms. The Hall–Kier alpha value is -3.39. The third-order valence-corrected chi connectivity index (χ3v) is 7.20. The van der Waals surface area contributed by atoms with E-state index in [1.54, 1.807) is 12.1 Å². The number of hydrogen-bond acceptors (Lipinski definition) is 6. The van der Waals surface area contributed by atoms with Crippen molar-refractivity contribution in [2.45, 2.75) is 50.9 Å². The molecule has 1 aliphatic rings. The van der Waals surface area contributed by atoms with E-state index in [-0.39, 0.29) is 24.0 Å². The maximum absolute atomic E-state index is 12.6. The van der Waals surface area contributed by atoms with E-state index >= 15 is 0 Å². The first kappa shape index (κ1) is 23.8. The lowest BCUT2D eigenvalue weighted by Crippen LogP contribution is -2.16. The van der Waals surface area contributed by atoms with Crippen LogP contribution in [-0.4, -0.2) is 33.0 Å². The zero-order chi connectivity index (χ0) is 23.9. The number of aryl methyl sites for hydroxylation is 1. The van der Waals surface area contributed by atoms with Gasteiger partial charge >= 0.3 is 5.97 Å². The number of amides is 1. The monoisotopic (exact) mass is 477 g/mol. The van der Waals surface area contributed by atoms with Gasteiger partial charge in [-0.25, -0.2) is 0 Å². The Labute approximate surface area is 202 Å². The number of nitrogens with zero attached hydrogens (tertiary/aromatic N) is 2. The van der Waals surface area contributed by atoms with Gasteiger partial charge in [-0.1, -0.05) is 53.8 Å². The Morgan fingerprint density at radius 2 is 1.62 bits per heavy atom. The number of carbonyl (C=O) groups is 3. The zero-order valence-corrected chi connectivity index (χ0v) is 19.6. The van der Waals surface area contributed by atoms with E-state index in [1.807, 2.05) is 42.5 Å². The predicted molar refractivity (Wildman–Crippen MR) is 130 cm³/mol. The minimum atomic E-state index is -0.720. The molecule has 1 amide bonds. The van der Waals surface area contributed by atoms with Crippen LogP contribution in [0.15, 0.2) is 54.6 Å². The highest BCUT2D eigenvalue weighted by Gasteiger charge is 2.24. The molecule has 176 valence electrons. The number of Topliss-reactive ketones (excluding diaryl/α,β-unsaturated/α-hetero) is 1. The smallest absolute Gasteiger partial charge is 0.303 e. The number of hydrogen-bond donors (Lipinski definition) is 2. The third kappa shape index (κ3) is 6.35. The third-order valence-electron chi connectivity index (χ3n) is 6.30. The summed E-state index contributed by atoms with van der Waals surface area (Å²) >= 11 is 1.28. The second-order valence-electron chi connectivity index (χ2n) is 8.68. The van der Waals surface area contributed by atoms with Crippen molar-refractivity contribution in [3.8, 4) is 0 Å². The van der Waals surface area contributed by atoms with Gasteiger partial charge in [-0.15, -0.1) is 10.2 Å². The summed E-state index contributed by atoms with van der Waals surface area (Å²) < 4.78 is 0. The van der Waals surface area contributed by atoms with Gasteiger partial charge < -0.3 is 5.11 Å². The maximum Gasteiger partial charge on any atom is 0.303 e. The average molecular weight is 478 g/mol. The van der Waals surface area contributed by atoms with Crippen molar-refractivity contribution in [1.29, 1.82) is 0 Å². The summed E-state index contributed by atoms with van der Waals surface area (Å²) in [6, 6.07) is 16.7. The Morgan fingerprint density at radius 1 is 0.912 bits per heavy atom. The van der Waals surface area contributed by atoms with Crippen LogP contribution in [0.1, 0.15) is 75.7 Å². The van der Waals surface area contributed by atoms with E-state index in [0.717, 1.165) is 25.7 Å². The lowest BCUT2D eigenvalue weighted by molar-refractivity contribution is -0.138. The molecule has 0 aliphatic heterocycles. The Balaban J connectivity index is 1.27. The summed E-state index contributed by atoms with van der Waals surface area (Å²) in [5.41, 5.74) is 2.41. The molecule has 0 radical (unpaired) electrons. The summed E-state index contributed by atoms with van der Waals surface area (Å²) in [6.07, 6.45) is 4.87. The van der Waals surface area contributed by atoms with Crippen molar-refractivity contribution in [2.75, 3.05) is 5.32 Å². The normalized spacial score (nSPS) is 17.8. The summed E-state index contributed by atoms with van der Waals surface area (Å²) in [5, 5.41) is 21.0. The number of aliphatic carboxylic acids is 1. The number of carboxylic acids is 1. The molecule has 7 nitrogen and oxygen atoms in total. The predicted octanol–water partition coefficient (Wildman–Crippen LogP) is 5.35. The van der Waals surface area contributed by atoms with Crippen molar-refractivity contribution in [2.24, 2.45) is 5.92 Å². The minimum Gasteiger partial charge on any atom is -0.481 e. The van der Waals surface area contributed by atoms with Crippen molar-refractivity contribution >= 4 is 34.1 Å². The van der Waals surface area contributed by atoms with Crippen LogP contribution in [0.5, 0.6) is 0 Å². The van der Waals surface area contributed by atoms with Gasteiger partial charge in [0.25, 0.3) is 5.91 Å². The van der Waals surface area contributed by atoms with E-state index in [1.165, 1.54) is 16.9 Å². The van der Waals surface area contributed by atoms with E-state index in [2.05, 4.69) is 15.5 Å². The minimum absolute atomic E-state index is 0.0526. The maximum atomic E-state index is 12.6. The number of nitrogens with one attached hydrogen (secondary N) is 1. The van der Waals surface area contributed by atoms with Crippen LogP contribution in [0.4, 0.5) is 5.13 Å². The summed E-state index contributed by atoms with van der Waals surface area (Å²) in [5.74, 6) is -0.239. The molecule has 0 bridgehead atoms. The van der Waals surface area contributed by atoms with E-state index in [0.29, 0.717) is 40.0 Å². The van der Waals surface area contributed by atoms with Gasteiger partial charge in [0.05, 0.1) is 0 Å². The second-order valence-corrected chi connectivity index (χ2v) is 9.74. The first-order chi connectivity index (χ1) is 16.5. The topological polar surface area (TPSA) is 109 Å². The van der Waals surface area contributed by atoms with Gasteiger partial charge in [0, 0.05) is 30.4 Å². The van der Waals surface area contributed by atoms with Crippen molar-refractivity contribution in [1.82, 2.24) is 10.2 Å². The molecular weight excluding hydrogens is 450 g/mol. The first-order valence-electron chi connectivity index (χ1n) is 11.5. The molecule has 1 saturated carbocycles. The number of aromatic nitrogens is 2. The molecular formula is C26H27N3O4S. The van der Waals surface area contributed by atoms with E-state index in [9.17, 15) is 14.4 Å². The molecule has 8 heteroatoms. The summed E-state index contributed by atoms with van der Waals surface area (Å²) in [6.45, 7) is 0. The molecule has 0 saturated heterocycles. The molecule has 1 heterocycles. The second kappa shape index (κ2) is 11.2. The van der Waals surface area contributed by atoms with Crippen LogP contribution in [0.2, 0.25) is 0 Å². The van der Waals surface area contributed by atoms with Gasteiger partial charge in [0.1, 0.15) is 5.01 Å². The molecule has 2 aromatic carbocycles. The van der Waals surface area contributed by atoms with Gasteiger partial charge in [-0.2, -0.15) is 0 Å². The highest BCUT2D eigenvalue weighted by atomic mass is 32.1. The fraction of sp³-hybridized carbons (Fsp3) is 0.346. The van der Waals surface area contributed by atoms with Crippen molar-refractivity contribution in [3.05, 3.63) is 76.3 Å². The van der Waals surface area contributed by atoms with Gasteiger partial charge in [0.15, 0.2) is 5.78 Å².